The summed E-state index contributed by atoms with van der Waals surface area (Å²) in [5, 5.41) is 0. The molecule has 2 aliphatic rings. The van der Waals surface area contributed by atoms with Gasteiger partial charge in [0.25, 0.3) is 5.91 Å². The highest BCUT2D eigenvalue weighted by molar-refractivity contribution is 6.22. The molecule has 0 unspecified atom stereocenters. The second-order valence-electron chi connectivity index (χ2n) is 6.33. The fraction of sp³-hybridized carbons (Fsp3) is 0.529. The molecule has 0 spiro atoms. The Morgan fingerprint density at radius 2 is 1.64 bits per heavy atom. The van der Waals surface area contributed by atoms with Crippen LogP contribution in [0.5, 0.6) is 0 Å². The molecule has 5 heteroatoms. The summed E-state index contributed by atoms with van der Waals surface area (Å²) in [5.74, 6) is -0.235. The third-order valence-electron chi connectivity index (χ3n) is 4.30. The van der Waals surface area contributed by atoms with E-state index in [4.69, 9.17) is 4.74 Å². The first-order valence-electron chi connectivity index (χ1n) is 7.78. The van der Waals surface area contributed by atoms with Gasteiger partial charge < -0.3 is 4.74 Å². The van der Waals surface area contributed by atoms with Crippen LogP contribution in [0.15, 0.2) is 24.3 Å². The zero-order chi connectivity index (χ0) is 15.9. The fourth-order valence-corrected chi connectivity index (χ4v) is 3.34. The first-order chi connectivity index (χ1) is 10.5. The van der Waals surface area contributed by atoms with E-state index in [1.54, 1.807) is 0 Å². The third kappa shape index (κ3) is 2.78. The van der Waals surface area contributed by atoms with Crippen LogP contribution < -0.4 is 4.90 Å². The van der Waals surface area contributed by atoms with Gasteiger partial charge in [-0.05, 0) is 32.9 Å². The predicted octanol–water partition coefficient (Wildman–Crippen LogP) is 1.74. The lowest BCUT2D eigenvalue weighted by atomic mass is 10.1. The third-order valence-corrected chi connectivity index (χ3v) is 4.30. The lowest BCUT2D eigenvalue weighted by Crippen LogP contribution is -2.52. The molecule has 2 heterocycles. The fourth-order valence-electron chi connectivity index (χ4n) is 3.34. The molecule has 1 aromatic rings. The molecule has 22 heavy (non-hydrogen) atoms. The first kappa shape index (κ1) is 15.2. The Morgan fingerprint density at radius 1 is 1.05 bits per heavy atom. The Morgan fingerprint density at radius 3 is 2.23 bits per heavy atom. The molecule has 0 aromatic heterocycles. The molecule has 118 valence electrons. The van der Waals surface area contributed by atoms with Crippen LogP contribution in [0.3, 0.4) is 0 Å². The molecule has 5 nitrogen and oxygen atoms in total. The summed E-state index contributed by atoms with van der Waals surface area (Å²) in [4.78, 5) is 28.5. The van der Waals surface area contributed by atoms with Crippen molar-refractivity contribution in [2.24, 2.45) is 0 Å². The van der Waals surface area contributed by atoms with Crippen LogP contribution in [0.1, 0.15) is 25.8 Å². The number of hydrogen-bond acceptors (Lipinski definition) is 4. The van der Waals surface area contributed by atoms with Gasteiger partial charge in [0.2, 0.25) is 5.91 Å². The molecule has 3 atom stereocenters. The van der Waals surface area contributed by atoms with Crippen LogP contribution in [0.2, 0.25) is 0 Å². The molecule has 0 saturated carbocycles. The number of nitrogens with zero attached hydrogens (tertiary/aromatic N) is 2. The van der Waals surface area contributed by atoms with Crippen molar-refractivity contribution in [2.45, 2.75) is 45.4 Å². The number of hydrogen-bond donors (Lipinski definition) is 0. The van der Waals surface area contributed by atoms with Crippen molar-refractivity contribution < 1.29 is 14.3 Å². The van der Waals surface area contributed by atoms with Crippen molar-refractivity contribution >= 4 is 17.5 Å². The average molecular weight is 302 g/mol. The van der Waals surface area contributed by atoms with Gasteiger partial charge in [-0.1, -0.05) is 17.7 Å². The van der Waals surface area contributed by atoms with Gasteiger partial charge in [0.15, 0.2) is 0 Å². The number of morpholine rings is 1. The topological polar surface area (TPSA) is 49.9 Å². The zero-order valence-corrected chi connectivity index (χ0v) is 13.3. The molecule has 0 N–H and O–H groups in total. The number of amides is 2. The van der Waals surface area contributed by atoms with Crippen LogP contribution in [-0.4, -0.2) is 48.1 Å². The zero-order valence-electron chi connectivity index (χ0n) is 13.3. The van der Waals surface area contributed by atoms with E-state index in [1.165, 1.54) is 4.90 Å². The van der Waals surface area contributed by atoms with E-state index in [2.05, 4.69) is 4.90 Å². The Labute approximate surface area is 130 Å². The smallest absolute Gasteiger partial charge is 0.251 e. The Kier molecular flexibility index (Phi) is 4.02. The van der Waals surface area contributed by atoms with Gasteiger partial charge in [-0.15, -0.1) is 0 Å². The first-order valence-corrected chi connectivity index (χ1v) is 7.78. The molecular weight excluding hydrogens is 280 g/mol. The summed E-state index contributed by atoms with van der Waals surface area (Å²) in [5.41, 5.74) is 1.77. The number of carbonyl (C=O) groups excluding carboxylic acids is 2. The van der Waals surface area contributed by atoms with Crippen molar-refractivity contribution in [3.63, 3.8) is 0 Å². The van der Waals surface area contributed by atoms with Crippen LogP contribution >= 0.6 is 0 Å². The number of aryl methyl sites for hydroxylation is 1. The molecule has 3 rings (SSSR count). The number of imide groups is 1. The van der Waals surface area contributed by atoms with Crippen molar-refractivity contribution in [3.05, 3.63) is 29.8 Å². The largest absolute Gasteiger partial charge is 0.373 e. The van der Waals surface area contributed by atoms with Crippen molar-refractivity contribution in [1.29, 1.82) is 0 Å². The number of ether oxygens (including phenoxy) is 1. The second kappa shape index (κ2) is 5.82. The summed E-state index contributed by atoms with van der Waals surface area (Å²) in [6, 6.07) is 7.14. The molecule has 2 amide bonds. The maximum absolute atomic E-state index is 12.7. The lowest BCUT2D eigenvalue weighted by molar-refractivity contribution is -0.127. The quantitative estimate of drug-likeness (QED) is 0.781. The van der Waals surface area contributed by atoms with Gasteiger partial charge in [0.05, 0.1) is 30.4 Å². The summed E-state index contributed by atoms with van der Waals surface area (Å²) in [7, 11) is 0. The molecule has 2 fully saturated rings. The van der Waals surface area contributed by atoms with Crippen molar-refractivity contribution in [2.75, 3.05) is 18.0 Å². The summed E-state index contributed by atoms with van der Waals surface area (Å²) < 4.78 is 5.71. The van der Waals surface area contributed by atoms with Crippen LogP contribution in [-0.2, 0) is 14.3 Å². The highest BCUT2D eigenvalue weighted by Gasteiger charge is 2.44. The number of benzene rings is 1. The van der Waals surface area contributed by atoms with E-state index in [-0.39, 0.29) is 36.5 Å². The van der Waals surface area contributed by atoms with Gasteiger partial charge >= 0.3 is 0 Å². The van der Waals surface area contributed by atoms with E-state index in [9.17, 15) is 9.59 Å². The Balaban J connectivity index is 1.80. The minimum atomic E-state index is -0.359. The van der Waals surface area contributed by atoms with Crippen LogP contribution in [0, 0.1) is 6.92 Å². The minimum absolute atomic E-state index is 0.0834. The number of anilines is 1. The minimum Gasteiger partial charge on any atom is -0.373 e. The maximum Gasteiger partial charge on any atom is 0.251 e. The number of carbonyl (C=O) groups is 2. The lowest BCUT2D eigenvalue weighted by Gasteiger charge is -2.37. The standard InChI is InChI=1S/C17H22N2O3/c1-11-4-6-14(7-5-11)19-16(20)8-15(17(19)21)18-9-12(2)22-13(3)10-18/h4-7,12-13,15H,8-10H2,1-3H3/t12-,13+,15-/m0/s1. The predicted molar refractivity (Wildman–Crippen MR) is 83.7 cm³/mol. The van der Waals surface area contributed by atoms with E-state index in [0.29, 0.717) is 18.8 Å². The van der Waals surface area contributed by atoms with E-state index in [1.807, 2.05) is 45.0 Å². The van der Waals surface area contributed by atoms with E-state index < -0.39 is 0 Å². The maximum atomic E-state index is 12.7. The van der Waals surface area contributed by atoms with Gasteiger partial charge in [-0.25, -0.2) is 4.90 Å². The molecule has 1 aromatic carbocycles. The Bertz CT molecular complexity index is 574. The molecule has 0 aliphatic carbocycles. The van der Waals surface area contributed by atoms with Crippen molar-refractivity contribution in [3.8, 4) is 0 Å². The van der Waals surface area contributed by atoms with Crippen molar-refractivity contribution in [1.82, 2.24) is 4.90 Å². The second-order valence-corrected chi connectivity index (χ2v) is 6.33. The summed E-state index contributed by atoms with van der Waals surface area (Å²) in [6.07, 6.45) is 0.423. The highest BCUT2D eigenvalue weighted by atomic mass is 16.5. The summed E-state index contributed by atoms with van der Waals surface area (Å²) >= 11 is 0. The van der Waals surface area contributed by atoms with Crippen LogP contribution in [0.25, 0.3) is 0 Å². The molecule has 2 aliphatic heterocycles. The highest BCUT2D eigenvalue weighted by Crippen LogP contribution is 2.27. The average Bonchev–Trinajstić information content (AvgIpc) is 2.74. The van der Waals surface area contributed by atoms with E-state index in [0.717, 1.165) is 5.56 Å². The Hall–Kier alpha value is -1.72. The molecule has 0 radical (unpaired) electrons. The number of rotatable bonds is 2. The van der Waals surface area contributed by atoms with Gasteiger partial charge in [0.1, 0.15) is 0 Å². The molecular formula is C17H22N2O3. The van der Waals surface area contributed by atoms with Gasteiger partial charge in [0, 0.05) is 13.1 Å². The van der Waals surface area contributed by atoms with Crippen LogP contribution in [0.4, 0.5) is 5.69 Å². The van der Waals surface area contributed by atoms with Gasteiger partial charge in [-0.3, -0.25) is 14.5 Å². The SMILES string of the molecule is Cc1ccc(N2C(=O)C[C@H](N3C[C@@H](C)O[C@@H](C)C3)C2=O)cc1. The summed E-state index contributed by atoms with van der Waals surface area (Å²) in [6.45, 7) is 7.37. The van der Waals surface area contributed by atoms with Gasteiger partial charge in [-0.2, -0.15) is 0 Å². The molecule has 2 saturated heterocycles. The van der Waals surface area contributed by atoms with E-state index >= 15 is 0 Å². The normalized spacial score (nSPS) is 30.1. The monoisotopic (exact) mass is 302 g/mol. The molecule has 0 bridgehead atoms.